The number of rotatable bonds is 5. The minimum Gasteiger partial charge on any atom is -0.496 e. The van der Waals surface area contributed by atoms with Gasteiger partial charge in [-0.05, 0) is 6.07 Å². The van der Waals surface area contributed by atoms with Gasteiger partial charge in [0, 0.05) is 23.4 Å². The number of alkyl halides is 3. The van der Waals surface area contributed by atoms with Gasteiger partial charge in [0.2, 0.25) is 5.16 Å². The molecule has 0 saturated heterocycles. The van der Waals surface area contributed by atoms with Crippen LogP contribution in [-0.2, 0) is 11.9 Å². The van der Waals surface area contributed by atoms with Gasteiger partial charge in [0.25, 0.3) is 11.5 Å². The highest BCUT2D eigenvalue weighted by Crippen LogP contribution is 2.32. The Bertz CT molecular complexity index is 734. The van der Waals surface area contributed by atoms with Gasteiger partial charge in [-0.25, -0.2) is 4.68 Å². The number of non-ortho nitro benzene ring substituents is 1. The average molecular weight is 349 g/mol. The van der Waals surface area contributed by atoms with Crippen LogP contribution in [-0.4, -0.2) is 26.9 Å². The summed E-state index contributed by atoms with van der Waals surface area (Å²) >= 11 is 0.849. The summed E-state index contributed by atoms with van der Waals surface area (Å²) in [7, 11) is 1.38. The van der Waals surface area contributed by atoms with E-state index in [1.807, 2.05) is 0 Å². The quantitative estimate of drug-likeness (QED) is 0.381. The van der Waals surface area contributed by atoms with Gasteiger partial charge in [-0.15, -0.1) is 10.2 Å². The molecule has 0 saturated carbocycles. The van der Waals surface area contributed by atoms with Crippen molar-refractivity contribution in [3.05, 3.63) is 39.7 Å². The summed E-state index contributed by atoms with van der Waals surface area (Å²) in [6.07, 6.45) is -4.72. The molecule has 0 atom stereocenters. The molecule has 2 N–H and O–H groups in total. The molecule has 1 heterocycles. The molecule has 2 aromatic rings. The molecule has 1 aromatic carbocycles. The number of halogens is 3. The highest BCUT2D eigenvalue weighted by molar-refractivity contribution is 7.98. The number of aromatic nitrogens is 3. The third-order valence-corrected chi connectivity index (χ3v) is 3.74. The lowest BCUT2D eigenvalue weighted by atomic mass is 10.2. The van der Waals surface area contributed by atoms with E-state index < -0.39 is 16.9 Å². The molecule has 0 aliphatic heterocycles. The Morgan fingerprint density at radius 2 is 2.13 bits per heavy atom. The van der Waals surface area contributed by atoms with Crippen molar-refractivity contribution in [2.45, 2.75) is 17.1 Å². The van der Waals surface area contributed by atoms with E-state index in [2.05, 4.69) is 10.2 Å². The number of methoxy groups -OCH3 is 1. The smallest absolute Gasteiger partial charge is 0.453 e. The predicted octanol–water partition coefficient (Wildman–Crippen LogP) is 2.22. The monoisotopic (exact) mass is 349 g/mol. The Morgan fingerprint density at radius 1 is 1.43 bits per heavy atom. The van der Waals surface area contributed by atoms with Crippen molar-refractivity contribution in [2.75, 3.05) is 13.0 Å². The van der Waals surface area contributed by atoms with Gasteiger partial charge in [0.1, 0.15) is 5.75 Å². The first-order chi connectivity index (χ1) is 10.7. The van der Waals surface area contributed by atoms with Crippen LogP contribution in [0.2, 0.25) is 0 Å². The SMILES string of the molecule is COc1ccc([N+](=O)[O-])cc1CSc1nnc(C(F)(F)F)n1N. The fraction of sp³-hybridized carbons (Fsp3) is 0.273. The van der Waals surface area contributed by atoms with Crippen molar-refractivity contribution in [1.29, 1.82) is 0 Å². The fourth-order valence-electron chi connectivity index (χ4n) is 1.70. The molecule has 8 nitrogen and oxygen atoms in total. The first-order valence-electron chi connectivity index (χ1n) is 5.96. The number of nitro groups is 1. The van der Waals surface area contributed by atoms with E-state index in [9.17, 15) is 23.3 Å². The standard InChI is InChI=1S/C11H10F3N5O3S/c1-22-8-3-2-7(19(20)21)4-6(8)5-23-10-17-16-9(18(10)15)11(12,13)14/h2-4H,5,15H2,1H3. The molecule has 0 aliphatic rings. The summed E-state index contributed by atoms with van der Waals surface area (Å²) in [4.78, 5) is 10.2. The fourth-order valence-corrected chi connectivity index (χ4v) is 2.54. The summed E-state index contributed by atoms with van der Waals surface area (Å²) in [6.45, 7) is 0. The van der Waals surface area contributed by atoms with Crippen LogP contribution in [0.15, 0.2) is 23.4 Å². The largest absolute Gasteiger partial charge is 0.496 e. The van der Waals surface area contributed by atoms with Crippen molar-refractivity contribution in [1.82, 2.24) is 14.9 Å². The zero-order chi connectivity index (χ0) is 17.2. The van der Waals surface area contributed by atoms with Gasteiger partial charge < -0.3 is 10.6 Å². The Kier molecular flexibility index (Phi) is 4.63. The number of hydrogen-bond donors (Lipinski definition) is 1. The van der Waals surface area contributed by atoms with E-state index in [-0.39, 0.29) is 16.6 Å². The molecule has 2 rings (SSSR count). The van der Waals surface area contributed by atoms with E-state index in [0.29, 0.717) is 16.0 Å². The van der Waals surface area contributed by atoms with Crippen LogP contribution in [0.3, 0.4) is 0 Å². The second kappa shape index (κ2) is 6.32. The van der Waals surface area contributed by atoms with E-state index in [1.54, 1.807) is 0 Å². The molecule has 0 spiro atoms. The molecule has 0 fully saturated rings. The summed E-state index contributed by atoms with van der Waals surface area (Å²) < 4.78 is 43.1. The van der Waals surface area contributed by atoms with Crippen LogP contribution in [0.4, 0.5) is 18.9 Å². The first kappa shape index (κ1) is 16.9. The van der Waals surface area contributed by atoms with Crippen molar-refractivity contribution >= 4 is 17.4 Å². The van der Waals surface area contributed by atoms with Crippen molar-refractivity contribution in [3.8, 4) is 5.75 Å². The number of nitrogens with zero attached hydrogens (tertiary/aromatic N) is 4. The molecule has 0 bridgehead atoms. The maximum absolute atomic E-state index is 12.6. The van der Waals surface area contributed by atoms with Gasteiger partial charge in [0.15, 0.2) is 0 Å². The third-order valence-electron chi connectivity index (χ3n) is 2.75. The van der Waals surface area contributed by atoms with Gasteiger partial charge >= 0.3 is 6.18 Å². The highest BCUT2D eigenvalue weighted by atomic mass is 32.2. The second-order valence-corrected chi connectivity index (χ2v) is 5.16. The molecule has 0 unspecified atom stereocenters. The van der Waals surface area contributed by atoms with Crippen LogP contribution >= 0.6 is 11.8 Å². The van der Waals surface area contributed by atoms with Crippen molar-refractivity contribution in [3.63, 3.8) is 0 Å². The number of thioether (sulfide) groups is 1. The molecule has 0 radical (unpaired) electrons. The lowest BCUT2D eigenvalue weighted by Gasteiger charge is -2.08. The second-order valence-electron chi connectivity index (χ2n) is 4.22. The Hall–Kier alpha value is -2.50. The van der Waals surface area contributed by atoms with E-state index in [1.165, 1.54) is 25.3 Å². The van der Waals surface area contributed by atoms with Gasteiger partial charge in [-0.2, -0.15) is 13.2 Å². The molecule has 0 amide bonds. The molecule has 0 aliphatic carbocycles. The Morgan fingerprint density at radius 3 is 2.65 bits per heavy atom. The van der Waals surface area contributed by atoms with Gasteiger partial charge in [0.05, 0.1) is 12.0 Å². The minimum atomic E-state index is -4.72. The number of hydrogen-bond acceptors (Lipinski definition) is 7. The Balaban J connectivity index is 2.23. The molecular weight excluding hydrogens is 339 g/mol. The number of ether oxygens (including phenoxy) is 1. The number of nitrogens with two attached hydrogens (primary N) is 1. The zero-order valence-electron chi connectivity index (χ0n) is 11.6. The molecule has 1 aromatic heterocycles. The summed E-state index contributed by atoms with van der Waals surface area (Å²) in [6, 6.07) is 3.94. The predicted molar refractivity (Wildman–Crippen MR) is 74.4 cm³/mol. The number of benzene rings is 1. The maximum atomic E-state index is 12.6. The Labute approximate surface area is 131 Å². The summed E-state index contributed by atoms with van der Waals surface area (Å²) in [5.41, 5.74) is 0.259. The van der Waals surface area contributed by atoms with Crippen molar-refractivity contribution in [2.24, 2.45) is 0 Å². The van der Waals surface area contributed by atoms with Crippen LogP contribution in [0.5, 0.6) is 5.75 Å². The topological polar surface area (TPSA) is 109 Å². The lowest BCUT2D eigenvalue weighted by Crippen LogP contribution is -2.21. The maximum Gasteiger partial charge on any atom is 0.453 e. The van der Waals surface area contributed by atoms with Crippen LogP contribution < -0.4 is 10.6 Å². The van der Waals surface area contributed by atoms with E-state index in [0.717, 1.165) is 11.8 Å². The van der Waals surface area contributed by atoms with Crippen LogP contribution in [0.1, 0.15) is 11.4 Å². The van der Waals surface area contributed by atoms with Gasteiger partial charge in [-0.3, -0.25) is 10.1 Å². The van der Waals surface area contributed by atoms with E-state index in [4.69, 9.17) is 10.6 Å². The number of nitro benzene ring substituents is 1. The van der Waals surface area contributed by atoms with Crippen LogP contribution in [0, 0.1) is 10.1 Å². The number of nitrogen functional groups attached to an aromatic ring is 1. The summed E-state index contributed by atoms with van der Waals surface area (Å²) in [5.74, 6) is 4.42. The molecule has 23 heavy (non-hydrogen) atoms. The van der Waals surface area contributed by atoms with E-state index >= 15 is 0 Å². The van der Waals surface area contributed by atoms with Crippen LogP contribution in [0.25, 0.3) is 0 Å². The normalized spacial score (nSPS) is 11.5. The van der Waals surface area contributed by atoms with Gasteiger partial charge in [-0.1, -0.05) is 11.8 Å². The molecule has 124 valence electrons. The third kappa shape index (κ3) is 3.64. The minimum absolute atomic E-state index is 0.0675. The molecule has 12 heteroatoms. The zero-order valence-corrected chi connectivity index (χ0v) is 12.4. The highest BCUT2D eigenvalue weighted by Gasteiger charge is 2.38. The first-order valence-corrected chi connectivity index (χ1v) is 6.94. The average Bonchev–Trinajstić information content (AvgIpc) is 2.85. The summed E-state index contributed by atoms with van der Waals surface area (Å²) in [5, 5.41) is 17.0. The lowest BCUT2D eigenvalue weighted by molar-refractivity contribution is -0.384. The van der Waals surface area contributed by atoms with Crippen molar-refractivity contribution < 1.29 is 22.8 Å². The molecular formula is C11H10F3N5O3S.